The van der Waals surface area contributed by atoms with E-state index in [1.807, 2.05) is 38.5 Å². The van der Waals surface area contributed by atoms with Crippen LogP contribution < -0.4 is 5.73 Å². The Balaban J connectivity index is 2.57. The molecule has 0 aromatic carbocycles. The molecular formula is C10H17N3. The van der Waals surface area contributed by atoms with Gasteiger partial charge < -0.3 is 10.6 Å². The van der Waals surface area contributed by atoms with Crippen molar-refractivity contribution in [2.45, 2.75) is 12.5 Å². The monoisotopic (exact) mass is 179 g/mol. The summed E-state index contributed by atoms with van der Waals surface area (Å²) in [4.78, 5) is 6.40. The predicted octanol–water partition coefficient (Wildman–Crippen LogP) is 0.513. The first-order valence-electron chi connectivity index (χ1n) is 4.50. The first kappa shape index (κ1) is 10.2. The number of nitrogens with two attached hydrogens (primary N) is 1. The second kappa shape index (κ2) is 4.94. The van der Waals surface area contributed by atoms with Gasteiger partial charge in [0.2, 0.25) is 0 Å². The maximum Gasteiger partial charge on any atom is 0.0419 e. The van der Waals surface area contributed by atoms with Crippen molar-refractivity contribution < 1.29 is 0 Å². The predicted molar refractivity (Wildman–Crippen MR) is 54.5 cm³/mol. The third-order valence-electron chi connectivity index (χ3n) is 2.17. The van der Waals surface area contributed by atoms with Crippen molar-refractivity contribution in [3.8, 4) is 0 Å². The Morgan fingerprint density at radius 2 is 2.23 bits per heavy atom. The molecule has 0 amide bonds. The van der Waals surface area contributed by atoms with Crippen molar-refractivity contribution in [2.75, 3.05) is 20.6 Å². The maximum atomic E-state index is 5.65. The van der Waals surface area contributed by atoms with Crippen LogP contribution in [0.5, 0.6) is 0 Å². The van der Waals surface area contributed by atoms with Gasteiger partial charge in [0.05, 0.1) is 0 Å². The van der Waals surface area contributed by atoms with Crippen molar-refractivity contribution in [1.29, 1.82) is 0 Å². The van der Waals surface area contributed by atoms with Crippen molar-refractivity contribution in [3.63, 3.8) is 0 Å². The number of hydrogen-bond acceptors (Lipinski definition) is 3. The highest BCUT2D eigenvalue weighted by Gasteiger charge is 2.09. The van der Waals surface area contributed by atoms with E-state index in [-0.39, 0.29) is 0 Å². The zero-order valence-corrected chi connectivity index (χ0v) is 8.27. The van der Waals surface area contributed by atoms with Crippen molar-refractivity contribution in [1.82, 2.24) is 9.88 Å². The van der Waals surface area contributed by atoms with E-state index in [0.717, 1.165) is 12.1 Å². The molecule has 0 saturated carbocycles. The molecule has 1 unspecified atom stereocenters. The molecule has 3 nitrogen and oxygen atoms in total. The van der Waals surface area contributed by atoms with Gasteiger partial charge in [-0.1, -0.05) is 6.07 Å². The van der Waals surface area contributed by atoms with Crippen LogP contribution in [0.25, 0.3) is 0 Å². The molecule has 72 valence electrons. The zero-order chi connectivity index (χ0) is 9.68. The third-order valence-corrected chi connectivity index (χ3v) is 2.17. The fourth-order valence-electron chi connectivity index (χ4n) is 1.24. The normalized spacial score (nSPS) is 13.2. The lowest BCUT2D eigenvalue weighted by atomic mass is 10.1. The van der Waals surface area contributed by atoms with Gasteiger partial charge in [-0.2, -0.15) is 0 Å². The van der Waals surface area contributed by atoms with Crippen LogP contribution in [0.2, 0.25) is 0 Å². The number of rotatable bonds is 4. The summed E-state index contributed by atoms with van der Waals surface area (Å²) in [6.45, 7) is 0.670. The molecule has 13 heavy (non-hydrogen) atoms. The summed E-state index contributed by atoms with van der Waals surface area (Å²) in [6.07, 6.45) is 2.74. The second-order valence-electron chi connectivity index (χ2n) is 3.38. The van der Waals surface area contributed by atoms with E-state index in [4.69, 9.17) is 5.73 Å². The number of likely N-dealkylation sites (N-methyl/N-ethyl adjacent to an activating group) is 1. The molecule has 0 bridgehead atoms. The molecular weight excluding hydrogens is 162 g/mol. The molecule has 1 heterocycles. The topological polar surface area (TPSA) is 42.1 Å². The van der Waals surface area contributed by atoms with E-state index in [1.54, 1.807) is 0 Å². The van der Waals surface area contributed by atoms with Crippen LogP contribution in [-0.2, 0) is 6.42 Å². The largest absolute Gasteiger partial charge is 0.329 e. The Labute approximate surface area is 79.6 Å². The highest BCUT2D eigenvalue weighted by molar-refractivity contribution is 5.05. The van der Waals surface area contributed by atoms with Gasteiger partial charge in [-0.3, -0.25) is 4.98 Å². The molecule has 0 aliphatic carbocycles. The minimum atomic E-state index is 0.384. The van der Waals surface area contributed by atoms with Gasteiger partial charge in [0.1, 0.15) is 0 Å². The smallest absolute Gasteiger partial charge is 0.0419 e. The fraction of sp³-hybridized carbons (Fsp3) is 0.500. The van der Waals surface area contributed by atoms with Gasteiger partial charge >= 0.3 is 0 Å². The third kappa shape index (κ3) is 3.13. The van der Waals surface area contributed by atoms with Crippen molar-refractivity contribution in [2.24, 2.45) is 5.73 Å². The lowest BCUT2D eigenvalue weighted by Gasteiger charge is -2.21. The number of nitrogens with zero attached hydrogens (tertiary/aromatic N) is 2. The minimum Gasteiger partial charge on any atom is -0.329 e. The summed E-state index contributed by atoms with van der Waals surface area (Å²) in [5.41, 5.74) is 6.76. The molecule has 1 aromatic heterocycles. The summed E-state index contributed by atoms with van der Waals surface area (Å²) in [7, 11) is 4.08. The molecule has 1 rings (SSSR count). The molecule has 0 aliphatic heterocycles. The number of pyridine rings is 1. The number of aromatic nitrogens is 1. The van der Waals surface area contributed by atoms with Crippen LogP contribution in [0.15, 0.2) is 24.4 Å². The second-order valence-corrected chi connectivity index (χ2v) is 3.38. The molecule has 1 atom stereocenters. The van der Waals surface area contributed by atoms with Crippen LogP contribution >= 0.6 is 0 Å². The minimum absolute atomic E-state index is 0.384. The van der Waals surface area contributed by atoms with E-state index in [1.165, 1.54) is 0 Å². The van der Waals surface area contributed by atoms with Gasteiger partial charge in [-0.25, -0.2) is 0 Å². The average molecular weight is 179 g/mol. The van der Waals surface area contributed by atoms with Crippen molar-refractivity contribution >= 4 is 0 Å². The lowest BCUT2D eigenvalue weighted by Crippen LogP contribution is -2.37. The Morgan fingerprint density at radius 1 is 1.46 bits per heavy atom. The van der Waals surface area contributed by atoms with E-state index in [9.17, 15) is 0 Å². The van der Waals surface area contributed by atoms with Crippen LogP contribution in [-0.4, -0.2) is 36.6 Å². The summed E-state index contributed by atoms with van der Waals surface area (Å²) in [5.74, 6) is 0. The van der Waals surface area contributed by atoms with Crippen LogP contribution in [0, 0.1) is 0 Å². The number of hydrogen-bond donors (Lipinski definition) is 1. The molecule has 3 heteroatoms. The Bertz CT molecular complexity index is 233. The SMILES string of the molecule is CN(C)C(CN)Cc1ccccn1. The molecule has 0 fully saturated rings. The molecule has 0 radical (unpaired) electrons. The molecule has 0 saturated heterocycles. The molecule has 2 N–H and O–H groups in total. The van der Waals surface area contributed by atoms with E-state index < -0.39 is 0 Å². The van der Waals surface area contributed by atoms with Crippen LogP contribution in [0.1, 0.15) is 5.69 Å². The summed E-state index contributed by atoms with van der Waals surface area (Å²) < 4.78 is 0. The first-order chi connectivity index (χ1) is 6.24. The standard InChI is InChI=1S/C10H17N3/c1-13(2)10(8-11)7-9-5-3-4-6-12-9/h3-6,10H,7-8,11H2,1-2H3. The summed E-state index contributed by atoms with van der Waals surface area (Å²) in [6, 6.07) is 6.35. The Morgan fingerprint density at radius 3 is 2.69 bits per heavy atom. The van der Waals surface area contributed by atoms with Gasteiger partial charge in [-0.05, 0) is 26.2 Å². The zero-order valence-electron chi connectivity index (χ0n) is 8.27. The fourth-order valence-corrected chi connectivity index (χ4v) is 1.24. The first-order valence-corrected chi connectivity index (χ1v) is 4.50. The van der Waals surface area contributed by atoms with E-state index in [0.29, 0.717) is 12.6 Å². The Hall–Kier alpha value is -0.930. The van der Waals surface area contributed by atoms with E-state index >= 15 is 0 Å². The van der Waals surface area contributed by atoms with E-state index in [2.05, 4.69) is 9.88 Å². The summed E-state index contributed by atoms with van der Waals surface area (Å²) in [5, 5.41) is 0. The van der Waals surface area contributed by atoms with Gasteiger partial charge in [-0.15, -0.1) is 0 Å². The van der Waals surface area contributed by atoms with Gasteiger partial charge in [0.25, 0.3) is 0 Å². The van der Waals surface area contributed by atoms with Crippen molar-refractivity contribution in [3.05, 3.63) is 30.1 Å². The molecule has 0 spiro atoms. The molecule has 1 aromatic rings. The van der Waals surface area contributed by atoms with Gasteiger partial charge in [0.15, 0.2) is 0 Å². The quantitative estimate of drug-likeness (QED) is 0.732. The summed E-state index contributed by atoms with van der Waals surface area (Å²) >= 11 is 0. The highest BCUT2D eigenvalue weighted by atomic mass is 15.1. The average Bonchev–Trinajstić information content (AvgIpc) is 2.15. The maximum absolute atomic E-state index is 5.65. The highest BCUT2D eigenvalue weighted by Crippen LogP contribution is 2.02. The van der Waals surface area contributed by atoms with Crippen LogP contribution in [0.4, 0.5) is 0 Å². The lowest BCUT2D eigenvalue weighted by molar-refractivity contribution is 0.296. The Kier molecular flexibility index (Phi) is 3.86. The molecule has 0 aliphatic rings. The van der Waals surface area contributed by atoms with Gasteiger partial charge in [0, 0.05) is 30.9 Å². The van der Waals surface area contributed by atoms with Crippen LogP contribution in [0.3, 0.4) is 0 Å².